The highest BCUT2D eigenvalue weighted by Crippen LogP contribution is 2.29. The van der Waals surface area contributed by atoms with Gasteiger partial charge in [-0.25, -0.2) is 0 Å². The summed E-state index contributed by atoms with van der Waals surface area (Å²) in [5, 5.41) is 3.46. The summed E-state index contributed by atoms with van der Waals surface area (Å²) < 4.78 is 0. The Balaban J connectivity index is 1.79. The van der Waals surface area contributed by atoms with Crippen LogP contribution in [0.25, 0.3) is 0 Å². The van der Waals surface area contributed by atoms with E-state index in [1.807, 2.05) is 17.0 Å². The van der Waals surface area contributed by atoms with Crippen molar-refractivity contribution in [2.45, 2.75) is 25.0 Å². The zero-order chi connectivity index (χ0) is 15.2. The molecular weight excluding hydrogens is 308 g/mol. The fourth-order valence-electron chi connectivity index (χ4n) is 2.25. The number of halogens is 1. The van der Waals surface area contributed by atoms with Crippen molar-refractivity contribution in [2.24, 2.45) is 0 Å². The third-order valence-electron chi connectivity index (χ3n) is 3.31. The highest BCUT2D eigenvalue weighted by atomic mass is 35.5. The predicted octanol–water partition coefficient (Wildman–Crippen LogP) is 2.70. The molecule has 0 saturated carbocycles. The van der Waals surface area contributed by atoms with Gasteiger partial charge < -0.3 is 10.2 Å². The van der Waals surface area contributed by atoms with Gasteiger partial charge in [0.25, 0.3) is 0 Å². The van der Waals surface area contributed by atoms with Crippen molar-refractivity contribution in [3.63, 3.8) is 0 Å². The van der Waals surface area contributed by atoms with Crippen LogP contribution in [0.2, 0.25) is 5.02 Å². The van der Waals surface area contributed by atoms with E-state index in [1.54, 1.807) is 23.9 Å². The fraction of sp³-hybridized carbons (Fsp3) is 0.467. The summed E-state index contributed by atoms with van der Waals surface area (Å²) in [6, 6.07) is 7.37. The standard InChI is InChI=1S/C15H19ClN2O2S/c1-11(19)17-8-2-10-21-14-7-9-18(15(14)20)13-5-3-12(16)4-6-13/h3-6,14H,2,7-10H2,1H3,(H,17,19)/t14-/m0/s1. The van der Waals surface area contributed by atoms with Gasteiger partial charge >= 0.3 is 0 Å². The SMILES string of the molecule is CC(=O)NCCCS[C@H]1CCN(c2ccc(Cl)cc2)C1=O. The maximum absolute atomic E-state index is 12.4. The van der Waals surface area contributed by atoms with Crippen molar-refractivity contribution < 1.29 is 9.59 Å². The van der Waals surface area contributed by atoms with Gasteiger partial charge in [0.2, 0.25) is 11.8 Å². The van der Waals surface area contributed by atoms with Crippen molar-refractivity contribution in [3.8, 4) is 0 Å². The number of rotatable bonds is 6. The molecule has 1 atom stereocenters. The minimum Gasteiger partial charge on any atom is -0.356 e. The second-order valence-electron chi connectivity index (χ2n) is 4.95. The molecule has 1 heterocycles. The van der Waals surface area contributed by atoms with Gasteiger partial charge in [-0.2, -0.15) is 0 Å². The molecule has 1 saturated heterocycles. The van der Waals surface area contributed by atoms with Crippen LogP contribution in [0.1, 0.15) is 19.8 Å². The van der Waals surface area contributed by atoms with E-state index >= 15 is 0 Å². The molecule has 4 nitrogen and oxygen atoms in total. The van der Waals surface area contributed by atoms with E-state index in [0.29, 0.717) is 11.6 Å². The van der Waals surface area contributed by atoms with E-state index in [9.17, 15) is 9.59 Å². The number of benzene rings is 1. The minimum atomic E-state index is -0.00847. The van der Waals surface area contributed by atoms with Crippen LogP contribution >= 0.6 is 23.4 Å². The van der Waals surface area contributed by atoms with E-state index in [1.165, 1.54) is 6.92 Å². The summed E-state index contributed by atoms with van der Waals surface area (Å²) in [6.45, 7) is 2.94. The first-order valence-corrected chi connectivity index (χ1v) is 8.43. The minimum absolute atomic E-state index is 0.00847. The molecule has 0 unspecified atom stereocenters. The second kappa shape index (κ2) is 7.71. The molecule has 1 aromatic carbocycles. The first-order valence-electron chi connectivity index (χ1n) is 7.01. The fourth-order valence-corrected chi connectivity index (χ4v) is 3.51. The number of nitrogens with zero attached hydrogens (tertiary/aromatic N) is 1. The Hall–Kier alpha value is -1.20. The number of carbonyl (C=O) groups is 2. The Morgan fingerprint density at radius 3 is 2.81 bits per heavy atom. The van der Waals surface area contributed by atoms with Crippen LogP contribution < -0.4 is 10.2 Å². The Kier molecular flexibility index (Phi) is 5.94. The lowest BCUT2D eigenvalue weighted by Crippen LogP contribution is -2.28. The molecule has 1 fully saturated rings. The molecule has 0 bridgehead atoms. The van der Waals surface area contributed by atoms with E-state index in [4.69, 9.17) is 11.6 Å². The van der Waals surface area contributed by atoms with Crippen LogP contribution in [0.3, 0.4) is 0 Å². The van der Waals surface area contributed by atoms with Crippen LogP contribution in [0.4, 0.5) is 5.69 Å². The quantitative estimate of drug-likeness (QED) is 0.818. The summed E-state index contributed by atoms with van der Waals surface area (Å²) in [4.78, 5) is 24.9. The maximum Gasteiger partial charge on any atom is 0.240 e. The number of hydrogen-bond acceptors (Lipinski definition) is 3. The summed E-state index contributed by atoms with van der Waals surface area (Å²) in [5.41, 5.74) is 0.908. The highest BCUT2D eigenvalue weighted by Gasteiger charge is 2.32. The summed E-state index contributed by atoms with van der Waals surface area (Å²) in [6.07, 6.45) is 1.75. The van der Waals surface area contributed by atoms with Gasteiger partial charge in [0.15, 0.2) is 0 Å². The zero-order valence-electron chi connectivity index (χ0n) is 12.0. The molecule has 0 radical (unpaired) electrons. The molecule has 1 aliphatic heterocycles. The first-order chi connectivity index (χ1) is 10.1. The van der Waals surface area contributed by atoms with Gasteiger partial charge in [-0.05, 0) is 42.9 Å². The lowest BCUT2D eigenvalue weighted by atomic mass is 10.3. The average molecular weight is 327 g/mol. The predicted molar refractivity (Wildman–Crippen MR) is 88.0 cm³/mol. The number of thioether (sulfide) groups is 1. The van der Waals surface area contributed by atoms with Crippen molar-refractivity contribution in [1.82, 2.24) is 5.32 Å². The molecule has 2 rings (SSSR count). The number of hydrogen-bond donors (Lipinski definition) is 1. The largest absolute Gasteiger partial charge is 0.356 e. The van der Waals surface area contributed by atoms with Crippen LogP contribution in [0.5, 0.6) is 0 Å². The molecule has 2 amide bonds. The topological polar surface area (TPSA) is 49.4 Å². The number of nitrogens with one attached hydrogen (secondary N) is 1. The molecule has 1 aromatic rings. The normalized spacial score (nSPS) is 18.1. The summed E-state index contributed by atoms with van der Waals surface area (Å²) in [5.74, 6) is 1.04. The van der Waals surface area contributed by atoms with Gasteiger partial charge in [0.05, 0.1) is 5.25 Å². The van der Waals surface area contributed by atoms with Crippen molar-refractivity contribution in [1.29, 1.82) is 0 Å². The van der Waals surface area contributed by atoms with Crippen molar-refractivity contribution >= 4 is 40.9 Å². The van der Waals surface area contributed by atoms with Crippen LogP contribution in [0.15, 0.2) is 24.3 Å². The van der Waals surface area contributed by atoms with Crippen molar-refractivity contribution in [3.05, 3.63) is 29.3 Å². The number of amides is 2. The monoisotopic (exact) mass is 326 g/mol. The smallest absolute Gasteiger partial charge is 0.240 e. The molecule has 1 aliphatic rings. The Morgan fingerprint density at radius 2 is 2.14 bits per heavy atom. The lowest BCUT2D eigenvalue weighted by Gasteiger charge is -2.16. The van der Waals surface area contributed by atoms with E-state index in [-0.39, 0.29) is 17.1 Å². The number of anilines is 1. The highest BCUT2D eigenvalue weighted by molar-refractivity contribution is 8.00. The Bertz CT molecular complexity index is 507. The average Bonchev–Trinajstić information content (AvgIpc) is 2.81. The van der Waals surface area contributed by atoms with E-state index < -0.39 is 0 Å². The third kappa shape index (κ3) is 4.64. The third-order valence-corrected chi connectivity index (χ3v) is 4.92. The zero-order valence-corrected chi connectivity index (χ0v) is 13.5. The van der Waals surface area contributed by atoms with E-state index in [2.05, 4.69) is 5.32 Å². The summed E-state index contributed by atoms with van der Waals surface area (Å²) >= 11 is 7.54. The molecule has 6 heteroatoms. The first kappa shape index (κ1) is 16.2. The van der Waals surface area contributed by atoms with Gasteiger partial charge in [-0.1, -0.05) is 11.6 Å². The molecule has 1 N–H and O–H groups in total. The summed E-state index contributed by atoms with van der Waals surface area (Å²) in [7, 11) is 0. The molecular formula is C15H19ClN2O2S. The molecule has 0 aromatic heterocycles. The van der Waals surface area contributed by atoms with Crippen LogP contribution in [-0.2, 0) is 9.59 Å². The molecule has 21 heavy (non-hydrogen) atoms. The van der Waals surface area contributed by atoms with Gasteiger partial charge in [-0.3, -0.25) is 9.59 Å². The molecule has 114 valence electrons. The Labute approximate surface area is 134 Å². The maximum atomic E-state index is 12.4. The second-order valence-corrected chi connectivity index (χ2v) is 6.70. The van der Waals surface area contributed by atoms with Gasteiger partial charge in [0.1, 0.15) is 0 Å². The lowest BCUT2D eigenvalue weighted by molar-refractivity contribution is -0.119. The molecule has 0 aliphatic carbocycles. The van der Waals surface area contributed by atoms with E-state index in [0.717, 1.165) is 30.8 Å². The van der Waals surface area contributed by atoms with Crippen LogP contribution in [-0.4, -0.2) is 35.9 Å². The number of carbonyl (C=O) groups excluding carboxylic acids is 2. The molecule has 0 spiro atoms. The van der Waals surface area contributed by atoms with Gasteiger partial charge in [0, 0.05) is 30.7 Å². The van der Waals surface area contributed by atoms with Crippen LogP contribution in [0, 0.1) is 0 Å². The van der Waals surface area contributed by atoms with Gasteiger partial charge in [-0.15, -0.1) is 11.8 Å². The Morgan fingerprint density at radius 1 is 1.43 bits per heavy atom. The van der Waals surface area contributed by atoms with Crippen molar-refractivity contribution in [2.75, 3.05) is 23.7 Å².